The first kappa shape index (κ1) is 9.74. The summed E-state index contributed by atoms with van der Waals surface area (Å²) in [4.78, 5) is 21.4. The van der Waals surface area contributed by atoms with Crippen molar-refractivity contribution in [3.8, 4) is 0 Å². The van der Waals surface area contributed by atoms with Gasteiger partial charge in [0.1, 0.15) is 6.61 Å². The highest BCUT2D eigenvalue weighted by molar-refractivity contribution is 5.66. The van der Waals surface area contributed by atoms with E-state index < -0.39 is 12.1 Å². The Morgan fingerprint density at radius 2 is 2.09 bits per heavy atom. The largest absolute Gasteiger partial charge is 0.465 e. The SMILES string of the molecule is CC(=O)OCCN(C)C(=O)O. The number of carbonyl (C=O) groups is 2. The van der Waals surface area contributed by atoms with Crippen LogP contribution in [0.4, 0.5) is 4.79 Å². The first-order valence-electron chi connectivity index (χ1n) is 3.11. The fourth-order valence-corrected chi connectivity index (χ4v) is 0.422. The van der Waals surface area contributed by atoms with Gasteiger partial charge in [-0.25, -0.2) is 4.79 Å². The Labute approximate surface area is 64.6 Å². The molecule has 5 heteroatoms. The Morgan fingerprint density at radius 3 is 2.45 bits per heavy atom. The van der Waals surface area contributed by atoms with Gasteiger partial charge in [0.2, 0.25) is 0 Å². The Hall–Kier alpha value is -1.26. The minimum absolute atomic E-state index is 0.109. The molecule has 0 unspecified atom stereocenters. The molecule has 0 rings (SSSR count). The van der Waals surface area contributed by atoms with Gasteiger partial charge in [-0.3, -0.25) is 4.79 Å². The second kappa shape index (κ2) is 4.54. The predicted octanol–water partition coefficient (Wildman–Crippen LogP) is 0.159. The number of hydrogen-bond donors (Lipinski definition) is 1. The molecule has 0 radical (unpaired) electrons. The van der Waals surface area contributed by atoms with E-state index in [2.05, 4.69) is 4.74 Å². The van der Waals surface area contributed by atoms with E-state index in [-0.39, 0.29) is 13.2 Å². The van der Waals surface area contributed by atoms with Crippen LogP contribution in [0.3, 0.4) is 0 Å². The summed E-state index contributed by atoms with van der Waals surface area (Å²) in [6.07, 6.45) is -1.03. The van der Waals surface area contributed by atoms with E-state index in [1.165, 1.54) is 14.0 Å². The smallest absolute Gasteiger partial charge is 0.407 e. The van der Waals surface area contributed by atoms with E-state index in [4.69, 9.17) is 5.11 Å². The Balaban J connectivity index is 3.39. The molecule has 0 spiro atoms. The van der Waals surface area contributed by atoms with E-state index in [0.717, 1.165) is 4.90 Å². The van der Waals surface area contributed by atoms with Crippen molar-refractivity contribution >= 4 is 12.1 Å². The quantitative estimate of drug-likeness (QED) is 0.598. The molecule has 0 aromatic carbocycles. The number of rotatable bonds is 3. The number of likely N-dealkylation sites (N-methyl/N-ethyl adjacent to an activating group) is 1. The number of carboxylic acid groups (broad SMARTS) is 1. The molecule has 11 heavy (non-hydrogen) atoms. The maximum Gasteiger partial charge on any atom is 0.407 e. The van der Waals surface area contributed by atoms with Crippen LogP contribution in [0, 0.1) is 0 Å². The molecule has 0 saturated heterocycles. The van der Waals surface area contributed by atoms with Crippen molar-refractivity contribution in [3.05, 3.63) is 0 Å². The highest BCUT2D eigenvalue weighted by atomic mass is 16.5. The Bertz CT molecular complexity index is 157. The topological polar surface area (TPSA) is 66.8 Å². The first-order chi connectivity index (χ1) is 5.04. The van der Waals surface area contributed by atoms with Gasteiger partial charge in [-0.1, -0.05) is 0 Å². The second-order valence-electron chi connectivity index (χ2n) is 2.04. The van der Waals surface area contributed by atoms with Crippen molar-refractivity contribution in [2.45, 2.75) is 6.92 Å². The molecular formula is C6H11NO4. The average molecular weight is 161 g/mol. The van der Waals surface area contributed by atoms with Crippen LogP contribution in [0.15, 0.2) is 0 Å². The predicted molar refractivity (Wildman–Crippen MR) is 37.3 cm³/mol. The van der Waals surface area contributed by atoms with Gasteiger partial charge in [0.15, 0.2) is 0 Å². The fourth-order valence-electron chi connectivity index (χ4n) is 0.422. The van der Waals surface area contributed by atoms with Crippen LogP contribution in [0.2, 0.25) is 0 Å². The van der Waals surface area contributed by atoms with Crippen molar-refractivity contribution in [1.82, 2.24) is 4.90 Å². The van der Waals surface area contributed by atoms with Crippen molar-refractivity contribution < 1.29 is 19.4 Å². The third-order valence-electron chi connectivity index (χ3n) is 1.06. The minimum Gasteiger partial charge on any atom is -0.465 e. The normalized spacial score (nSPS) is 8.91. The summed E-state index contributed by atoms with van der Waals surface area (Å²) in [5, 5.41) is 8.33. The maximum absolute atomic E-state index is 10.2. The molecule has 0 fully saturated rings. The van der Waals surface area contributed by atoms with E-state index >= 15 is 0 Å². The standard InChI is InChI=1S/C6H11NO4/c1-5(8)11-4-3-7(2)6(9)10/h3-4H2,1-2H3,(H,9,10). The van der Waals surface area contributed by atoms with Crippen LogP contribution in [0.1, 0.15) is 6.92 Å². The molecule has 1 amide bonds. The molecule has 0 heterocycles. The van der Waals surface area contributed by atoms with Gasteiger partial charge < -0.3 is 14.7 Å². The zero-order valence-corrected chi connectivity index (χ0v) is 6.53. The maximum atomic E-state index is 10.2. The lowest BCUT2D eigenvalue weighted by molar-refractivity contribution is -0.141. The highest BCUT2D eigenvalue weighted by Crippen LogP contribution is 1.84. The molecule has 5 nitrogen and oxygen atoms in total. The number of ether oxygens (including phenoxy) is 1. The molecular weight excluding hydrogens is 150 g/mol. The number of amides is 1. The lowest BCUT2D eigenvalue weighted by atomic mass is 10.6. The molecule has 64 valence electrons. The Morgan fingerprint density at radius 1 is 1.55 bits per heavy atom. The van der Waals surface area contributed by atoms with Crippen LogP contribution >= 0.6 is 0 Å². The first-order valence-corrected chi connectivity index (χ1v) is 3.11. The third kappa shape index (κ3) is 5.20. The van der Waals surface area contributed by atoms with Gasteiger partial charge in [-0.15, -0.1) is 0 Å². The third-order valence-corrected chi connectivity index (χ3v) is 1.06. The van der Waals surface area contributed by atoms with Crippen LogP contribution < -0.4 is 0 Å². The zero-order chi connectivity index (χ0) is 8.85. The molecule has 0 bridgehead atoms. The molecule has 1 N–H and O–H groups in total. The lowest BCUT2D eigenvalue weighted by Crippen LogP contribution is -2.28. The van der Waals surface area contributed by atoms with Gasteiger partial charge in [0.05, 0.1) is 6.54 Å². The molecule has 0 aliphatic heterocycles. The van der Waals surface area contributed by atoms with Crippen LogP contribution in [0.5, 0.6) is 0 Å². The molecule has 0 aliphatic rings. The minimum atomic E-state index is -1.03. The van der Waals surface area contributed by atoms with Crippen molar-refractivity contribution in [2.24, 2.45) is 0 Å². The lowest BCUT2D eigenvalue weighted by Gasteiger charge is -2.11. The summed E-state index contributed by atoms with van der Waals surface area (Å²) in [6.45, 7) is 1.59. The summed E-state index contributed by atoms with van der Waals surface area (Å²) in [5.74, 6) is -0.399. The average Bonchev–Trinajstić information content (AvgIpc) is 1.86. The van der Waals surface area contributed by atoms with E-state index in [9.17, 15) is 9.59 Å². The molecule has 0 aromatic heterocycles. The van der Waals surface area contributed by atoms with Crippen LogP contribution in [-0.2, 0) is 9.53 Å². The number of nitrogens with zero attached hydrogens (tertiary/aromatic N) is 1. The zero-order valence-electron chi connectivity index (χ0n) is 6.53. The van der Waals surface area contributed by atoms with Gasteiger partial charge in [-0.2, -0.15) is 0 Å². The van der Waals surface area contributed by atoms with Gasteiger partial charge in [0.25, 0.3) is 0 Å². The molecule has 0 aliphatic carbocycles. The summed E-state index contributed by atoms with van der Waals surface area (Å²) in [5.41, 5.74) is 0. The molecule has 0 atom stereocenters. The summed E-state index contributed by atoms with van der Waals surface area (Å²) >= 11 is 0. The Kier molecular flexibility index (Phi) is 4.02. The molecule has 0 aromatic rings. The monoisotopic (exact) mass is 161 g/mol. The van der Waals surface area contributed by atoms with Crippen molar-refractivity contribution in [1.29, 1.82) is 0 Å². The summed E-state index contributed by atoms with van der Waals surface area (Å²) in [6, 6.07) is 0. The number of esters is 1. The fraction of sp³-hybridized carbons (Fsp3) is 0.667. The highest BCUT2D eigenvalue weighted by Gasteiger charge is 2.04. The number of hydrogen-bond acceptors (Lipinski definition) is 3. The molecule has 0 saturated carbocycles. The van der Waals surface area contributed by atoms with Crippen LogP contribution in [0.25, 0.3) is 0 Å². The second-order valence-corrected chi connectivity index (χ2v) is 2.04. The summed E-state index contributed by atoms with van der Waals surface area (Å²) < 4.78 is 4.52. The van der Waals surface area contributed by atoms with Crippen molar-refractivity contribution in [2.75, 3.05) is 20.2 Å². The summed E-state index contributed by atoms with van der Waals surface area (Å²) in [7, 11) is 1.41. The van der Waals surface area contributed by atoms with E-state index in [0.29, 0.717) is 0 Å². The number of carbonyl (C=O) groups excluding carboxylic acids is 1. The van der Waals surface area contributed by atoms with Gasteiger partial charge in [0, 0.05) is 14.0 Å². The van der Waals surface area contributed by atoms with Crippen LogP contribution in [-0.4, -0.2) is 42.3 Å². The van der Waals surface area contributed by atoms with E-state index in [1.54, 1.807) is 0 Å². The van der Waals surface area contributed by atoms with Crippen molar-refractivity contribution in [3.63, 3.8) is 0 Å². The van der Waals surface area contributed by atoms with Gasteiger partial charge >= 0.3 is 12.1 Å². The van der Waals surface area contributed by atoms with E-state index in [1.807, 2.05) is 0 Å². The van der Waals surface area contributed by atoms with Gasteiger partial charge in [-0.05, 0) is 0 Å².